The topological polar surface area (TPSA) is 148 Å². The zero-order valence-corrected chi connectivity index (χ0v) is 20.0. The van der Waals surface area contributed by atoms with Gasteiger partial charge in [-0.2, -0.15) is 5.10 Å². The standard InChI is InChI=1S/C25H29N5O6/c1-29(12-13-36-2)24(33)21-14-20(26-27-21)23(32)28-30(16-22(31)25(34)35)15-17-8-10-19(11-9-17)18-6-4-3-5-7-18/h3-11,14,22,31H,12-13,15-16H2,1-2H3,(H,26,27)(H,28,32)(H,34,35). The number of hydrogen-bond acceptors (Lipinski definition) is 7. The number of nitrogens with zero attached hydrogens (tertiary/aromatic N) is 3. The molecule has 4 N–H and O–H groups in total. The van der Waals surface area contributed by atoms with Crippen molar-refractivity contribution in [2.45, 2.75) is 12.6 Å². The lowest BCUT2D eigenvalue weighted by Gasteiger charge is -2.24. The molecule has 0 saturated carbocycles. The second-order valence-electron chi connectivity index (χ2n) is 8.12. The number of aromatic amines is 1. The number of rotatable bonds is 12. The minimum absolute atomic E-state index is 0.00716. The molecule has 0 radical (unpaired) electrons. The van der Waals surface area contributed by atoms with E-state index < -0.39 is 18.0 Å². The smallest absolute Gasteiger partial charge is 0.333 e. The molecule has 0 fully saturated rings. The van der Waals surface area contributed by atoms with Gasteiger partial charge >= 0.3 is 5.97 Å². The third kappa shape index (κ3) is 7.22. The first-order valence-corrected chi connectivity index (χ1v) is 11.2. The maximum Gasteiger partial charge on any atom is 0.333 e. The number of nitrogens with one attached hydrogen (secondary N) is 2. The summed E-state index contributed by atoms with van der Waals surface area (Å²) in [6.07, 6.45) is -1.72. The summed E-state index contributed by atoms with van der Waals surface area (Å²) in [5.41, 5.74) is 5.48. The number of ether oxygens (including phenoxy) is 1. The van der Waals surface area contributed by atoms with E-state index in [4.69, 9.17) is 9.84 Å². The lowest BCUT2D eigenvalue weighted by molar-refractivity contribution is -0.148. The highest BCUT2D eigenvalue weighted by Crippen LogP contribution is 2.19. The number of benzene rings is 2. The Morgan fingerprint density at radius 2 is 1.75 bits per heavy atom. The van der Waals surface area contributed by atoms with Gasteiger partial charge in [-0.15, -0.1) is 0 Å². The van der Waals surface area contributed by atoms with E-state index in [1.165, 1.54) is 23.1 Å². The Labute approximate surface area is 208 Å². The van der Waals surface area contributed by atoms with Crippen LogP contribution in [0.5, 0.6) is 0 Å². The summed E-state index contributed by atoms with van der Waals surface area (Å²) in [5.74, 6) is -2.44. The van der Waals surface area contributed by atoms with Crippen LogP contribution in [0.15, 0.2) is 60.7 Å². The van der Waals surface area contributed by atoms with Crippen LogP contribution in [0, 0.1) is 0 Å². The van der Waals surface area contributed by atoms with Crippen molar-refractivity contribution in [2.75, 3.05) is 33.9 Å². The number of aromatic nitrogens is 2. The molecule has 0 aliphatic carbocycles. The first-order chi connectivity index (χ1) is 17.3. The monoisotopic (exact) mass is 495 g/mol. The number of methoxy groups -OCH3 is 1. The summed E-state index contributed by atoms with van der Waals surface area (Å²) in [7, 11) is 3.12. The number of hydrazine groups is 1. The second kappa shape index (κ2) is 12.6. The Morgan fingerprint density at radius 3 is 2.39 bits per heavy atom. The molecule has 36 heavy (non-hydrogen) atoms. The molecule has 0 bridgehead atoms. The Hall–Kier alpha value is -4.06. The number of carbonyl (C=O) groups is 3. The summed E-state index contributed by atoms with van der Waals surface area (Å²) < 4.78 is 4.96. The molecule has 1 aromatic heterocycles. The average molecular weight is 496 g/mol. The molecule has 1 atom stereocenters. The highest BCUT2D eigenvalue weighted by Gasteiger charge is 2.23. The number of aliphatic hydroxyl groups excluding tert-OH is 1. The number of aliphatic carboxylic acids is 1. The minimum Gasteiger partial charge on any atom is -0.479 e. The third-order valence-corrected chi connectivity index (χ3v) is 5.39. The molecule has 3 aromatic rings. The van der Waals surface area contributed by atoms with Gasteiger partial charge in [-0.05, 0) is 16.7 Å². The molecule has 1 heterocycles. The predicted molar refractivity (Wildman–Crippen MR) is 131 cm³/mol. The Kier molecular flexibility index (Phi) is 9.28. The number of carbonyl (C=O) groups excluding carboxylic acids is 2. The molecule has 3 rings (SSSR count). The van der Waals surface area contributed by atoms with Crippen LogP contribution >= 0.6 is 0 Å². The summed E-state index contributed by atoms with van der Waals surface area (Å²) >= 11 is 0. The molecule has 0 aliphatic rings. The number of likely N-dealkylation sites (N-methyl/N-ethyl adjacent to an activating group) is 1. The number of H-pyrrole nitrogens is 1. The Morgan fingerprint density at radius 1 is 1.08 bits per heavy atom. The normalized spacial score (nSPS) is 11.8. The van der Waals surface area contributed by atoms with Gasteiger partial charge in [0.05, 0.1) is 13.2 Å². The zero-order valence-electron chi connectivity index (χ0n) is 20.0. The molecule has 2 amide bonds. The van der Waals surface area contributed by atoms with E-state index in [-0.39, 0.29) is 30.4 Å². The van der Waals surface area contributed by atoms with Crippen LogP contribution in [0.4, 0.5) is 0 Å². The zero-order chi connectivity index (χ0) is 26.1. The van der Waals surface area contributed by atoms with Crippen LogP contribution in [0.2, 0.25) is 0 Å². The maximum atomic E-state index is 12.8. The van der Waals surface area contributed by atoms with Crippen molar-refractivity contribution < 1.29 is 29.3 Å². The van der Waals surface area contributed by atoms with Crippen LogP contribution in [0.3, 0.4) is 0 Å². The summed E-state index contributed by atoms with van der Waals surface area (Å²) in [6, 6.07) is 18.7. The van der Waals surface area contributed by atoms with Gasteiger partial charge < -0.3 is 19.8 Å². The first kappa shape index (κ1) is 26.5. The summed E-state index contributed by atoms with van der Waals surface area (Å²) in [4.78, 5) is 37.9. The summed E-state index contributed by atoms with van der Waals surface area (Å²) in [5, 5.41) is 26.7. The van der Waals surface area contributed by atoms with Crippen molar-refractivity contribution in [1.82, 2.24) is 25.5 Å². The highest BCUT2D eigenvalue weighted by atomic mass is 16.5. The lowest BCUT2D eigenvalue weighted by atomic mass is 10.0. The van der Waals surface area contributed by atoms with E-state index in [0.29, 0.717) is 13.2 Å². The largest absolute Gasteiger partial charge is 0.479 e. The number of amides is 2. The van der Waals surface area contributed by atoms with Crippen LogP contribution in [-0.4, -0.2) is 88.1 Å². The lowest BCUT2D eigenvalue weighted by Crippen LogP contribution is -2.47. The van der Waals surface area contributed by atoms with Crippen LogP contribution < -0.4 is 5.43 Å². The van der Waals surface area contributed by atoms with Gasteiger partial charge in [-0.25, -0.2) is 9.80 Å². The van der Waals surface area contributed by atoms with Crippen molar-refractivity contribution >= 4 is 17.8 Å². The molecule has 1 unspecified atom stereocenters. The fourth-order valence-corrected chi connectivity index (χ4v) is 3.37. The molecular weight excluding hydrogens is 466 g/mol. The quantitative estimate of drug-likeness (QED) is 0.276. The van der Waals surface area contributed by atoms with Crippen molar-refractivity contribution in [1.29, 1.82) is 0 Å². The molecular formula is C25H29N5O6. The van der Waals surface area contributed by atoms with Gasteiger partial charge in [-0.3, -0.25) is 20.1 Å². The fourth-order valence-electron chi connectivity index (χ4n) is 3.37. The van der Waals surface area contributed by atoms with E-state index >= 15 is 0 Å². The number of carboxylic acids is 1. The molecule has 0 aliphatic heterocycles. The molecule has 11 nitrogen and oxygen atoms in total. The Bertz CT molecular complexity index is 1170. The fraction of sp³-hybridized carbons (Fsp3) is 0.280. The van der Waals surface area contributed by atoms with E-state index in [1.807, 2.05) is 54.6 Å². The minimum atomic E-state index is -1.72. The van der Waals surface area contributed by atoms with Gasteiger partial charge in [0.2, 0.25) is 0 Å². The maximum absolute atomic E-state index is 12.8. The van der Waals surface area contributed by atoms with Gasteiger partial charge in [0, 0.05) is 33.3 Å². The molecule has 0 spiro atoms. The highest BCUT2D eigenvalue weighted by molar-refractivity contribution is 5.97. The molecule has 2 aromatic carbocycles. The summed E-state index contributed by atoms with van der Waals surface area (Å²) in [6.45, 7) is 0.479. The first-order valence-electron chi connectivity index (χ1n) is 11.2. The van der Waals surface area contributed by atoms with E-state index in [9.17, 15) is 19.5 Å². The van der Waals surface area contributed by atoms with Crippen LogP contribution in [-0.2, 0) is 16.1 Å². The van der Waals surface area contributed by atoms with Gasteiger partial charge in [0.25, 0.3) is 11.8 Å². The van der Waals surface area contributed by atoms with Gasteiger partial charge in [0.15, 0.2) is 11.8 Å². The SMILES string of the molecule is COCCN(C)C(=O)c1cc(C(=O)NN(Cc2ccc(-c3ccccc3)cc2)CC(O)C(=O)O)[nH]n1. The number of hydrogen-bond donors (Lipinski definition) is 4. The van der Waals surface area contributed by atoms with E-state index in [1.54, 1.807) is 7.05 Å². The van der Waals surface area contributed by atoms with Crippen LogP contribution in [0.1, 0.15) is 26.5 Å². The molecule has 0 saturated heterocycles. The van der Waals surface area contributed by atoms with Crippen molar-refractivity contribution in [3.8, 4) is 11.1 Å². The third-order valence-electron chi connectivity index (χ3n) is 5.39. The Balaban J connectivity index is 1.70. The molecule has 11 heteroatoms. The molecule has 190 valence electrons. The predicted octanol–water partition coefficient (Wildman–Crippen LogP) is 1.39. The number of carboxylic acid groups (broad SMARTS) is 1. The van der Waals surface area contributed by atoms with E-state index in [0.717, 1.165) is 16.7 Å². The number of aliphatic hydroxyl groups is 1. The van der Waals surface area contributed by atoms with Crippen molar-refractivity contribution in [3.05, 3.63) is 77.6 Å². The second-order valence-corrected chi connectivity index (χ2v) is 8.12. The van der Waals surface area contributed by atoms with Gasteiger partial charge in [-0.1, -0.05) is 54.6 Å². The average Bonchev–Trinajstić information content (AvgIpc) is 3.38. The van der Waals surface area contributed by atoms with E-state index in [2.05, 4.69) is 15.6 Å². The van der Waals surface area contributed by atoms with Crippen molar-refractivity contribution in [2.24, 2.45) is 0 Å². The van der Waals surface area contributed by atoms with Crippen LogP contribution in [0.25, 0.3) is 11.1 Å². The van der Waals surface area contributed by atoms with Crippen molar-refractivity contribution in [3.63, 3.8) is 0 Å². The van der Waals surface area contributed by atoms with Gasteiger partial charge in [0.1, 0.15) is 5.69 Å².